The van der Waals surface area contributed by atoms with Gasteiger partial charge in [-0.15, -0.1) is 0 Å². The number of carbonyl (C=O) groups excluding carboxylic acids is 1. The van der Waals surface area contributed by atoms with E-state index in [1.54, 1.807) is 31.2 Å². The predicted molar refractivity (Wildman–Crippen MR) is 79.6 cm³/mol. The molecule has 0 aromatic heterocycles. The normalized spacial score (nSPS) is 11.5. The molecule has 0 radical (unpaired) electrons. The monoisotopic (exact) mass is 286 g/mol. The Bertz CT molecular complexity index is 570. The number of hydrogen-bond donors (Lipinski definition) is 2. The van der Waals surface area contributed by atoms with Gasteiger partial charge in [0.1, 0.15) is 18.1 Å². The van der Waals surface area contributed by atoms with Gasteiger partial charge < -0.3 is 9.47 Å². The number of nitrogens with two attached hydrogens (primary N) is 1. The molecule has 1 unspecified atom stereocenters. The molecule has 5 nitrogen and oxygen atoms in total. The summed E-state index contributed by atoms with van der Waals surface area (Å²) in [5, 5.41) is 0. The van der Waals surface area contributed by atoms with Crippen LogP contribution in [0.2, 0.25) is 0 Å². The van der Waals surface area contributed by atoms with Crippen molar-refractivity contribution >= 4 is 5.91 Å². The molecule has 0 aliphatic carbocycles. The average Bonchev–Trinajstić information content (AvgIpc) is 2.54. The average molecular weight is 286 g/mol. The molecule has 0 aliphatic rings. The van der Waals surface area contributed by atoms with Crippen LogP contribution in [0.25, 0.3) is 0 Å². The highest BCUT2D eigenvalue weighted by Crippen LogP contribution is 2.19. The summed E-state index contributed by atoms with van der Waals surface area (Å²) in [5.74, 6) is 5.99. The number of ether oxygens (including phenoxy) is 2. The maximum atomic E-state index is 11.3. The zero-order valence-corrected chi connectivity index (χ0v) is 11.8. The molecule has 0 saturated carbocycles. The first kappa shape index (κ1) is 14.9. The van der Waals surface area contributed by atoms with E-state index in [1.165, 1.54) is 0 Å². The van der Waals surface area contributed by atoms with Crippen LogP contribution in [0.5, 0.6) is 11.5 Å². The summed E-state index contributed by atoms with van der Waals surface area (Å²) in [6.07, 6.45) is -0.647. The van der Waals surface area contributed by atoms with Gasteiger partial charge in [-0.05, 0) is 36.8 Å². The highest BCUT2D eigenvalue weighted by Gasteiger charge is 2.12. The van der Waals surface area contributed by atoms with E-state index < -0.39 is 6.10 Å². The lowest BCUT2D eigenvalue weighted by molar-refractivity contribution is -0.127. The number of hydrogen-bond acceptors (Lipinski definition) is 4. The largest absolute Gasteiger partial charge is 0.489 e. The van der Waals surface area contributed by atoms with Crippen LogP contribution in [0.4, 0.5) is 0 Å². The van der Waals surface area contributed by atoms with E-state index in [1.807, 2.05) is 35.8 Å². The van der Waals surface area contributed by atoms with Gasteiger partial charge >= 0.3 is 0 Å². The Morgan fingerprint density at radius 2 is 1.71 bits per heavy atom. The molecule has 0 fully saturated rings. The van der Waals surface area contributed by atoms with Gasteiger partial charge in [-0.1, -0.05) is 30.3 Å². The summed E-state index contributed by atoms with van der Waals surface area (Å²) < 4.78 is 11.1. The molecule has 2 rings (SSSR count). The molecule has 21 heavy (non-hydrogen) atoms. The first-order chi connectivity index (χ1) is 10.2. The Balaban J connectivity index is 1.88. The van der Waals surface area contributed by atoms with Crippen molar-refractivity contribution in [1.82, 2.24) is 5.43 Å². The summed E-state index contributed by atoms with van der Waals surface area (Å²) >= 11 is 0. The first-order valence-corrected chi connectivity index (χ1v) is 6.63. The van der Waals surface area contributed by atoms with E-state index in [2.05, 4.69) is 0 Å². The number of benzene rings is 2. The van der Waals surface area contributed by atoms with Crippen molar-refractivity contribution < 1.29 is 14.3 Å². The van der Waals surface area contributed by atoms with Gasteiger partial charge in [0.25, 0.3) is 5.91 Å². The lowest BCUT2D eigenvalue weighted by Gasteiger charge is -2.13. The molecule has 110 valence electrons. The summed E-state index contributed by atoms with van der Waals surface area (Å²) in [6.45, 7) is 2.13. The summed E-state index contributed by atoms with van der Waals surface area (Å²) in [7, 11) is 0. The van der Waals surface area contributed by atoms with E-state index in [0.29, 0.717) is 12.4 Å². The van der Waals surface area contributed by atoms with Crippen LogP contribution in [-0.2, 0) is 11.4 Å². The lowest BCUT2D eigenvalue weighted by atomic mass is 10.2. The van der Waals surface area contributed by atoms with Crippen molar-refractivity contribution in [3.63, 3.8) is 0 Å². The summed E-state index contributed by atoms with van der Waals surface area (Å²) in [5.41, 5.74) is 3.15. The zero-order chi connectivity index (χ0) is 15.1. The highest BCUT2D eigenvalue weighted by atomic mass is 16.5. The van der Waals surface area contributed by atoms with Gasteiger partial charge in [0.2, 0.25) is 0 Å². The fraction of sp³-hybridized carbons (Fsp3) is 0.188. The molecule has 5 heteroatoms. The maximum absolute atomic E-state index is 11.3. The van der Waals surface area contributed by atoms with Crippen LogP contribution in [-0.4, -0.2) is 12.0 Å². The van der Waals surface area contributed by atoms with E-state index in [-0.39, 0.29) is 5.91 Å². The smallest absolute Gasteiger partial charge is 0.274 e. The second-order valence-corrected chi connectivity index (χ2v) is 4.51. The molecule has 0 spiro atoms. The fourth-order valence-corrected chi connectivity index (χ4v) is 1.73. The van der Waals surface area contributed by atoms with Crippen molar-refractivity contribution in [3.05, 3.63) is 60.2 Å². The minimum Gasteiger partial charge on any atom is -0.489 e. The fourth-order valence-electron chi connectivity index (χ4n) is 1.73. The van der Waals surface area contributed by atoms with E-state index >= 15 is 0 Å². The van der Waals surface area contributed by atoms with Gasteiger partial charge in [0.05, 0.1) is 0 Å². The van der Waals surface area contributed by atoms with Crippen LogP contribution < -0.4 is 20.7 Å². The van der Waals surface area contributed by atoms with E-state index in [0.717, 1.165) is 11.3 Å². The third-order valence-corrected chi connectivity index (χ3v) is 2.90. The SMILES string of the molecule is CC(Oc1ccc(OCc2ccccc2)cc1)C(=O)NN. The van der Waals surface area contributed by atoms with Gasteiger partial charge in [0.15, 0.2) is 6.10 Å². The molecule has 0 aliphatic heterocycles. The molecular weight excluding hydrogens is 268 g/mol. The molecule has 1 amide bonds. The molecule has 2 aromatic rings. The van der Waals surface area contributed by atoms with Crippen LogP contribution in [0.15, 0.2) is 54.6 Å². The van der Waals surface area contributed by atoms with Gasteiger partial charge in [-0.2, -0.15) is 0 Å². The van der Waals surface area contributed by atoms with Crippen molar-refractivity contribution in [2.24, 2.45) is 5.84 Å². The summed E-state index contributed by atoms with van der Waals surface area (Å²) in [4.78, 5) is 11.3. The standard InChI is InChI=1S/C16H18N2O3/c1-12(16(19)18-17)21-15-9-7-14(8-10-15)20-11-13-5-3-2-4-6-13/h2-10,12H,11,17H2,1H3,(H,18,19). The number of hydrazine groups is 1. The second kappa shape index (κ2) is 7.31. The molecule has 0 bridgehead atoms. The minimum absolute atomic E-state index is 0.376. The molecule has 0 heterocycles. The van der Waals surface area contributed by atoms with Crippen LogP contribution >= 0.6 is 0 Å². The Hall–Kier alpha value is -2.53. The first-order valence-electron chi connectivity index (χ1n) is 6.63. The van der Waals surface area contributed by atoms with E-state index in [4.69, 9.17) is 15.3 Å². The maximum Gasteiger partial charge on any atom is 0.274 e. The third kappa shape index (κ3) is 4.50. The molecule has 3 N–H and O–H groups in total. The van der Waals surface area contributed by atoms with Crippen molar-refractivity contribution in [2.75, 3.05) is 0 Å². The zero-order valence-electron chi connectivity index (χ0n) is 11.8. The molecular formula is C16H18N2O3. The van der Waals surface area contributed by atoms with Gasteiger partial charge in [-0.25, -0.2) is 5.84 Å². The number of nitrogens with one attached hydrogen (secondary N) is 1. The van der Waals surface area contributed by atoms with Crippen molar-refractivity contribution in [2.45, 2.75) is 19.6 Å². The van der Waals surface area contributed by atoms with Gasteiger partial charge in [-0.3, -0.25) is 10.2 Å². The Morgan fingerprint density at radius 1 is 1.10 bits per heavy atom. The van der Waals surface area contributed by atoms with Crippen molar-refractivity contribution in [3.8, 4) is 11.5 Å². The lowest BCUT2D eigenvalue weighted by Crippen LogP contribution is -2.40. The predicted octanol–water partition coefficient (Wildman–Crippen LogP) is 2.02. The quantitative estimate of drug-likeness (QED) is 0.484. The number of rotatable bonds is 6. The molecule has 2 aromatic carbocycles. The summed E-state index contributed by atoms with van der Waals surface area (Å²) in [6, 6.07) is 17.0. The minimum atomic E-state index is -0.647. The van der Waals surface area contributed by atoms with Crippen molar-refractivity contribution in [1.29, 1.82) is 0 Å². The Morgan fingerprint density at radius 3 is 2.33 bits per heavy atom. The molecule has 0 saturated heterocycles. The second-order valence-electron chi connectivity index (χ2n) is 4.51. The van der Waals surface area contributed by atoms with Crippen LogP contribution in [0.1, 0.15) is 12.5 Å². The van der Waals surface area contributed by atoms with Crippen LogP contribution in [0, 0.1) is 0 Å². The third-order valence-electron chi connectivity index (χ3n) is 2.90. The number of amides is 1. The Kier molecular flexibility index (Phi) is 5.17. The highest BCUT2D eigenvalue weighted by molar-refractivity contribution is 5.80. The van der Waals surface area contributed by atoms with Crippen LogP contribution in [0.3, 0.4) is 0 Å². The topological polar surface area (TPSA) is 73.6 Å². The number of carbonyl (C=O) groups is 1. The van der Waals surface area contributed by atoms with E-state index in [9.17, 15) is 4.79 Å². The Labute approximate surface area is 123 Å². The molecule has 1 atom stereocenters. The van der Waals surface area contributed by atoms with Gasteiger partial charge in [0, 0.05) is 0 Å².